The van der Waals surface area contributed by atoms with Crippen molar-refractivity contribution < 1.29 is 19.1 Å². The molecule has 1 aliphatic heterocycles. The monoisotopic (exact) mass is 381 g/mol. The summed E-state index contributed by atoms with van der Waals surface area (Å²) < 4.78 is 6.84. The molecule has 1 aromatic carbocycles. The average molecular weight is 381 g/mol. The molecule has 3 rings (SSSR count). The zero-order valence-corrected chi connectivity index (χ0v) is 16.6. The number of aromatic nitrogens is 1. The van der Waals surface area contributed by atoms with Crippen LogP contribution in [0.1, 0.15) is 39.8 Å². The summed E-state index contributed by atoms with van der Waals surface area (Å²) in [6.07, 6.45) is 1.69. The molecule has 0 atom stereocenters. The number of benzene rings is 1. The van der Waals surface area contributed by atoms with Crippen LogP contribution in [0.4, 0.5) is 4.79 Å². The zero-order chi connectivity index (χ0) is 20.6. The van der Waals surface area contributed by atoms with Crippen LogP contribution in [0.2, 0.25) is 0 Å². The molecule has 1 aliphatic rings. The first-order valence-corrected chi connectivity index (χ1v) is 9.01. The minimum atomic E-state index is -0.408. The first-order valence-electron chi connectivity index (χ1n) is 9.01. The summed E-state index contributed by atoms with van der Waals surface area (Å²) in [6.45, 7) is 7.92. The molecule has 0 spiro atoms. The third-order valence-corrected chi connectivity index (χ3v) is 4.92. The van der Waals surface area contributed by atoms with E-state index in [-0.39, 0.29) is 11.6 Å². The van der Waals surface area contributed by atoms with E-state index in [1.807, 2.05) is 37.5 Å². The molecular formula is C21H23N3O4. The minimum absolute atomic E-state index is 0.257. The molecule has 28 heavy (non-hydrogen) atoms. The van der Waals surface area contributed by atoms with E-state index in [2.05, 4.69) is 5.32 Å². The van der Waals surface area contributed by atoms with Crippen LogP contribution in [-0.2, 0) is 9.53 Å². The van der Waals surface area contributed by atoms with Crippen LogP contribution in [0.3, 0.4) is 0 Å². The van der Waals surface area contributed by atoms with Crippen molar-refractivity contribution in [2.45, 2.75) is 27.7 Å². The molecular weight excluding hydrogens is 358 g/mol. The van der Waals surface area contributed by atoms with Gasteiger partial charge in [-0.05, 0) is 63.1 Å². The number of nitrogens with one attached hydrogen (secondary N) is 1. The number of amides is 3. The van der Waals surface area contributed by atoms with Gasteiger partial charge in [0.05, 0.1) is 12.7 Å². The van der Waals surface area contributed by atoms with Gasteiger partial charge >= 0.3 is 12.0 Å². The largest absolute Gasteiger partial charge is 0.465 e. The Hall–Kier alpha value is -3.35. The quantitative estimate of drug-likeness (QED) is 0.501. The maximum Gasteiger partial charge on any atom is 0.337 e. The van der Waals surface area contributed by atoms with Crippen LogP contribution in [0.25, 0.3) is 11.8 Å². The number of imide groups is 1. The number of hydrogen-bond donors (Lipinski definition) is 1. The summed E-state index contributed by atoms with van der Waals surface area (Å²) >= 11 is 0. The zero-order valence-electron chi connectivity index (χ0n) is 16.6. The Labute approximate surface area is 163 Å². The third kappa shape index (κ3) is 3.19. The van der Waals surface area contributed by atoms with Crippen molar-refractivity contribution in [2.75, 3.05) is 13.7 Å². The first kappa shape index (κ1) is 19.4. The normalized spacial score (nSPS) is 15.3. The Morgan fingerprint density at radius 2 is 1.89 bits per heavy atom. The average Bonchev–Trinajstić information content (AvgIpc) is 3.10. The molecule has 0 bridgehead atoms. The predicted octanol–water partition coefficient (Wildman–Crippen LogP) is 3.10. The van der Waals surface area contributed by atoms with Crippen LogP contribution in [0.15, 0.2) is 30.0 Å². The highest BCUT2D eigenvalue weighted by molar-refractivity contribution is 6.14. The van der Waals surface area contributed by atoms with E-state index in [0.717, 1.165) is 33.1 Å². The number of esters is 1. The predicted molar refractivity (Wildman–Crippen MR) is 105 cm³/mol. The maximum absolute atomic E-state index is 12.3. The Bertz CT molecular complexity index is 1020. The molecule has 2 heterocycles. The van der Waals surface area contributed by atoms with Gasteiger partial charge in [-0.2, -0.15) is 0 Å². The molecule has 7 heteroatoms. The minimum Gasteiger partial charge on any atom is -0.465 e. The highest BCUT2D eigenvalue weighted by Crippen LogP contribution is 2.26. The number of methoxy groups -OCH3 is 1. The van der Waals surface area contributed by atoms with Gasteiger partial charge in [0, 0.05) is 23.6 Å². The molecule has 0 saturated carbocycles. The number of hydrogen-bond acceptors (Lipinski definition) is 4. The highest BCUT2D eigenvalue weighted by Gasteiger charge is 2.32. The summed E-state index contributed by atoms with van der Waals surface area (Å²) in [5.41, 5.74) is 5.24. The van der Waals surface area contributed by atoms with Gasteiger partial charge < -0.3 is 14.6 Å². The van der Waals surface area contributed by atoms with E-state index in [9.17, 15) is 14.4 Å². The fourth-order valence-corrected chi connectivity index (χ4v) is 3.41. The summed E-state index contributed by atoms with van der Waals surface area (Å²) in [4.78, 5) is 37.3. The van der Waals surface area contributed by atoms with Crippen LogP contribution in [0, 0.1) is 20.8 Å². The summed E-state index contributed by atoms with van der Waals surface area (Å²) in [7, 11) is 1.35. The number of carbonyl (C=O) groups excluding carboxylic acids is 3. The molecule has 146 valence electrons. The summed E-state index contributed by atoms with van der Waals surface area (Å²) in [5.74, 6) is -0.730. The number of carbonyl (C=O) groups is 3. The Morgan fingerprint density at radius 1 is 1.18 bits per heavy atom. The van der Waals surface area contributed by atoms with Gasteiger partial charge in [0.2, 0.25) is 0 Å². The molecule has 0 unspecified atom stereocenters. The van der Waals surface area contributed by atoms with E-state index in [4.69, 9.17) is 4.74 Å². The molecule has 1 N–H and O–H groups in total. The van der Waals surface area contributed by atoms with Crippen molar-refractivity contribution in [3.8, 4) is 5.69 Å². The molecule has 0 aliphatic carbocycles. The lowest BCUT2D eigenvalue weighted by Crippen LogP contribution is -2.30. The fraction of sp³-hybridized carbons (Fsp3) is 0.286. The van der Waals surface area contributed by atoms with E-state index < -0.39 is 12.0 Å². The first-order chi connectivity index (χ1) is 13.3. The van der Waals surface area contributed by atoms with Crippen LogP contribution >= 0.6 is 0 Å². The summed E-state index contributed by atoms with van der Waals surface area (Å²) in [6, 6.07) is 6.93. The van der Waals surface area contributed by atoms with Crippen molar-refractivity contribution >= 4 is 24.0 Å². The van der Waals surface area contributed by atoms with Crippen molar-refractivity contribution in [1.82, 2.24) is 14.8 Å². The second-order valence-electron chi connectivity index (χ2n) is 6.69. The van der Waals surface area contributed by atoms with Gasteiger partial charge in [0.25, 0.3) is 5.91 Å². The van der Waals surface area contributed by atoms with Gasteiger partial charge in [-0.15, -0.1) is 0 Å². The second-order valence-corrected chi connectivity index (χ2v) is 6.69. The highest BCUT2D eigenvalue weighted by atomic mass is 16.5. The van der Waals surface area contributed by atoms with E-state index in [1.54, 1.807) is 25.1 Å². The van der Waals surface area contributed by atoms with E-state index >= 15 is 0 Å². The molecule has 1 fully saturated rings. The number of likely N-dealkylation sites (N-methyl/N-ethyl adjacent to an activating group) is 1. The smallest absolute Gasteiger partial charge is 0.337 e. The number of aryl methyl sites for hydroxylation is 2. The van der Waals surface area contributed by atoms with Crippen molar-refractivity contribution in [3.05, 3.63) is 58.0 Å². The maximum atomic E-state index is 12.3. The number of urea groups is 1. The lowest BCUT2D eigenvalue weighted by atomic mass is 10.1. The van der Waals surface area contributed by atoms with Gasteiger partial charge in [-0.1, -0.05) is 6.07 Å². The number of rotatable bonds is 4. The Kier molecular flexibility index (Phi) is 5.09. The van der Waals surface area contributed by atoms with Crippen molar-refractivity contribution in [1.29, 1.82) is 0 Å². The lowest BCUT2D eigenvalue weighted by molar-refractivity contribution is -0.122. The van der Waals surface area contributed by atoms with Gasteiger partial charge in [-0.25, -0.2) is 9.59 Å². The molecule has 2 aromatic rings. The van der Waals surface area contributed by atoms with Crippen LogP contribution in [0.5, 0.6) is 0 Å². The molecule has 1 saturated heterocycles. The topological polar surface area (TPSA) is 80.6 Å². The van der Waals surface area contributed by atoms with E-state index in [1.165, 1.54) is 7.11 Å². The van der Waals surface area contributed by atoms with Gasteiger partial charge in [-0.3, -0.25) is 9.69 Å². The summed E-state index contributed by atoms with van der Waals surface area (Å²) in [5, 5.41) is 2.62. The molecule has 7 nitrogen and oxygen atoms in total. The van der Waals surface area contributed by atoms with Crippen LogP contribution < -0.4 is 5.32 Å². The Morgan fingerprint density at radius 3 is 2.50 bits per heavy atom. The fourth-order valence-electron chi connectivity index (χ4n) is 3.41. The second kappa shape index (κ2) is 7.34. The molecule has 3 amide bonds. The SMILES string of the molecule is CCN1C(=O)N/C(=C/c2cc(C)n(-c3cc(C(=O)OC)ccc3C)c2C)C1=O. The van der Waals surface area contributed by atoms with Crippen molar-refractivity contribution in [2.24, 2.45) is 0 Å². The van der Waals surface area contributed by atoms with Gasteiger partial charge in [0.1, 0.15) is 5.70 Å². The molecule has 1 aromatic heterocycles. The van der Waals surface area contributed by atoms with Gasteiger partial charge in [0.15, 0.2) is 0 Å². The number of ether oxygens (including phenoxy) is 1. The number of nitrogens with zero attached hydrogens (tertiary/aromatic N) is 2. The lowest BCUT2D eigenvalue weighted by Gasteiger charge is -2.14. The van der Waals surface area contributed by atoms with Crippen molar-refractivity contribution in [3.63, 3.8) is 0 Å². The third-order valence-electron chi connectivity index (χ3n) is 4.92. The van der Waals surface area contributed by atoms with E-state index in [0.29, 0.717) is 12.1 Å². The standard InChI is InChI=1S/C21H23N3O4/c1-6-23-19(25)17(22-21(23)27)10-16-9-13(3)24(14(16)4)18-11-15(20(26)28-5)8-7-12(18)2/h7-11H,6H2,1-5H3,(H,22,27)/b17-10+. The van der Waals surface area contributed by atoms with Crippen LogP contribution in [-0.4, -0.2) is 41.0 Å². The molecule has 0 radical (unpaired) electrons. The Balaban J connectivity index is 2.07.